The van der Waals surface area contributed by atoms with E-state index in [1.54, 1.807) is 18.0 Å². The lowest BCUT2D eigenvalue weighted by Gasteiger charge is -2.16. The van der Waals surface area contributed by atoms with Gasteiger partial charge in [-0.05, 0) is 43.0 Å². The molecule has 0 saturated carbocycles. The van der Waals surface area contributed by atoms with E-state index in [9.17, 15) is 4.79 Å². The van der Waals surface area contributed by atoms with Crippen LogP contribution in [0.4, 0.5) is 11.4 Å². The standard InChI is InChI=1S/C20H19N3O2S/c1-11-8-12(26-2)9-14-18(11)22-10-15(20(21)24)19(14)23-16-4-3-5-17-13(16)6-7-25-17/h3-5,8-10H,6-7H2,1-2H3,(H2,21,24)(H,22,23). The summed E-state index contributed by atoms with van der Waals surface area (Å²) in [6.45, 7) is 2.69. The first-order valence-electron chi connectivity index (χ1n) is 8.37. The van der Waals surface area contributed by atoms with Crippen molar-refractivity contribution in [3.05, 3.63) is 53.2 Å². The summed E-state index contributed by atoms with van der Waals surface area (Å²) in [5, 5.41) is 4.34. The number of nitrogens with one attached hydrogen (secondary N) is 1. The second kappa shape index (κ2) is 6.53. The first kappa shape index (κ1) is 16.7. The molecule has 6 heteroatoms. The van der Waals surface area contributed by atoms with Gasteiger partial charge in [-0.25, -0.2) is 0 Å². The number of hydrogen-bond donors (Lipinski definition) is 2. The van der Waals surface area contributed by atoms with Crippen LogP contribution in [0.25, 0.3) is 10.9 Å². The van der Waals surface area contributed by atoms with Crippen LogP contribution in [0.5, 0.6) is 5.75 Å². The minimum absolute atomic E-state index is 0.381. The summed E-state index contributed by atoms with van der Waals surface area (Å²) >= 11 is 1.66. The van der Waals surface area contributed by atoms with Crippen LogP contribution in [0.3, 0.4) is 0 Å². The Morgan fingerprint density at radius 2 is 2.19 bits per heavy atom. The van der Waals surface area contributed by atoms with Gasteiger partial charge >= 0.3 is 0 Å². The molecule has 2 aromatic carbocycles. The van der Waals surface area contributed by atoms with E-state index in [1.165, 1.54) is 0 Å². The predicted molar refractivity (Wildman–Crippen MR) is 106 cm³/mol. The Kier molecular flexibility index (Phi) is 4.20. The van der Waals surface area contributed by atoms with Crippen LogP contribution in [-0.2, 0) is 6.42 Å². The molecule has 0 spiro atoms. The maximum absolute atomic E-state index is 12.0. The molecule has 1 aliphatic rings. The number of ether oxygens (including phenoxy) is 1. The zero-order valence-electron chi connectivity index (χ0n) is 14.6. The Hall–Kier alpha value is -2.73. The third-order valence-electron chi connectivity index (χ3n) is 4.64. The van der Waals surface area contributed by atoms with E-state index in [-0.39, 0.29) is 0 Å². The molecule has 3 aromatic rings. The minimum Gasteiger partial charge on any atom is -0.493 e. The van der Waals surface area contributed by atoms with E-state index in [1.807, 2.05) is 31.4 Å². The number of amides is 1. The zero-order chi connectivity index (χ0) is 18.3. The number of aromatic nitrogens is 1. The van der Waals surface area contributed by atoms with Gasteiger partial charge in [0, 0.05) is 34.2 Å². The fourth-order valence-electron chi connectivity index (χ4n) is 3.36. The Bertz CT molecular complexity index is 1030. The average molecular weight is 365 g/mol. The van der Waals surface area contributed by atoms with E-state index >= 15 is 0 Å². The number of anilines is 2. The lowest BCUT2D eigenvalue weighted by Crippen LogP contribution is -2.14. The molecule has 5 nitrogen and oxygen atoms in total. The molecule has 0 atom stereocenters. The van der Waals surface area contributed by atoms with Gasteiger partial charge < -0.3 is 15.8 Å². The van der Waals surface area contributed by atoms with Crippen molar-refractivity contribution in [2.75, 3.05) is 18.2 Å². The first-order chi connectivity index (χ1) is 12.6. The molecule has 26 heavy (non-hydrogen) atoms. The van der Waals surface area contributed by atoms with Crippen LogP contribution < -0.4 is 15.8 Å². The number of carbonyl (C=O) groups is 1. The highest BCUT2D eigenvalue weighted by Gasteiger charge is 2.20. The molecule has 3 N–H and O–H groups in total. The second-order valence-electron chi connectivity index (χ2n) is 6.26. The normalized spacial score (nSPS) is 12.7. The molecular formula is C20H19N3O2S. The molecule has 0 saturated heterocycles. The molecule has 2 heterocycles. The number of pyridine rings is 1. The average Bonchev–Trinajstić information content (AvgIpc) is 3.11. The van der Waals surface area contributed by atoms with Gasteiger partial charge in [-0.15, -0.1) is 11.8 Å². The van der Waals surface area contributed by atoms with Crippen LogP contribution in [0.15, 0.2) is 41.4 Å². The Morgan fingerprint density at radius 1 is 1.35 bits per heavy atom. The number of fused-ring (bicyclic) bond motifs is 2. The summed E-state index contributed by atoms with van der Waals surface area (Å²) in [6.07, 6.45) is 4.42. The molecule has 132 valence electrons. The van der Waals surface area contributed by atoms with Crippen molar-refractivity contribution in [2.24, 2.45) is 5.73 Å². The monoisotopic (exact) mass is 365 g/mol. The van der Waals surface area contributed by atoms with Crippen LogP contribution in [-0.4, -0.2) is 23.8 Å². The molecule has 0 unspecified atom stereocenters. The number of carbonyl (C=O) groups excluding carboxylic acids is 1. The summed E-state index contributed by atoms with van der Waals surface area (Å²) in [6, 6.07) is 10.0. The fraction of sp³-hybridized carbons (Fsp3) is 0.200. The Morgan fingerprint density at radius 3 is 2.96 bits per heavy atom. The predicted octanol–water partition coefficient (Wildman–Crippen LogP) is 4.04. The highest BCUT2D eigenvalue weighted by molar-refractivity contribution is 7.98. The molecule has 0 fully saturated rings. The van der Waals surface area contributed by atoms with Crippen LogP contribution in [0.2, 0.25) is 0 Å². The van der Waals surface area contributed by atoms with Gasteiger partial charge in [0.05, 0.1) is 23.4 Å². The number of thioether (sulfide) groups is 1. The highest BCUT2D eigenvalue weighted by Crippen LogP contribution is 2.37. The SMILES string of the molecule is CSc1cc(C)c2ncc(C(N)=O)c(Nc3cccc4c3CCO4)c2c1. The minimum atomic E-state index is -0.502. The van der Waals surface area contributed by atoms with Crippen molar-refractivity contribution < 1.29 is 9.53 Å². The number of nitrogens with zero attached hydrogens (tertiary/aromatic N) is 1. The molecular weight excluding hydrogens is 346 g/mol. The van der Waals surface area contributed by atoms with Crippen LogP contribution in [0.1, 0.15) is 21.5 Å². The summed E-state index contributed by atoms with van der Waals surface area (Å²) in [4.78, 5) is 17.6. The van der Waals surface area contributed by atoms with Crippen molar-refractivity contribution in [3.8, 4) is 5.75 Å². The van der Waals surface area contributed by atoms with Gasteiger partial charge in [0.1, 0.15) is 5.75 Å². The van der Waals surface area contributed by atoms with Crippen molar-refractivity contribution in [3.63, 3.8) is 0 Å². The number of rotatable bonds is 4. The number of aryl methyl sites for hydroxylation is 1. The van der Waals surface area contributed by atoms with Gasteiger partial charge in [-0.3, -0.25) is 9.78 Å². The Labute approximate surface area is 155 Å². The topological polar surface area (TPSA) is 77.2 Å². The third kappa shape index (κ3) is 2.76. The molecule has 1 aliphatic heterocycles. The number of primary amides is 1. The largest absolute Gasteiger partial charge is 0.493 e. The van der Waals surface area contributed by atoms with Crippen molar-refractivity contribution in [1.82, 2.24) is 4.98 Å². The quantitative estimate of drug-likeness (QED) is 0.682. The van der Waals surface area contributed by atoms with E-state index in [2.05, 4.69) is 22.4 Å². The summed E-state index contributed by atoms with van der Waals surface area (Å²) in [5.41, 5.74) is 10.7. The molecule has 0 aliphatic carbocycles. The van der Waals surface area contributed by atoms with Crippen molar-refractivity contribution in [2.45, 2.75) is 18.2 Å². The molecule has 1 aromatic heterocycles. The van der Waals surface area contributed by atoms with Gasteiger partial charge in [0.2, 0.25) is 0 Å². The number of benzene rings is 2. The summed E-state index contributed by atoms with van der Waals surface area (Å²) < 4.78 is 5.65. The maximum atomic E-state index is 12.0. The Balaban J connectivity index is 1.95. The molecule has 0 bridgehead atoms. The summed E-state index contributed by atoms with van der Waals surface area (Å²) in [5.74, 6) is 0.382. The van der Waals surface area contributed by atoms with Gasteiger partial charge in [0.25, 0.3) is 5.91 Å². The van der Waals surface area contributed by atoms with Gasteiger partial charge in [-0.1, -0.05) is 6.07 Å². The van der Waals surface area contributed by atoms with E-state index in [0.717, 1.165) is 44.8 Å². The molecule has 4 rings (SSSR count). The third-order valence-corrected chi connectivity index (χ3v) is 5.35. The summed E-state index contributed by atoms with van der Waals surface area (Å²) in [7, 11) is 0. The second-order valence-corrected chi connectivity index (χ2v) is 7.14. The maximum Gasteiger partial charge on any atom is 0.252 e. The fourth-order valence-corrected chi connectivity index (χ4v) is 3.89. The van der Waals surface area contributed by atoms with Crippen LogP contribution in [0, 0.1) is 6.92 Å². The van der Waals surface area contributed by atoms with Gasteiger partial charge in [0.15, 0.2) is 0 Å². The van der Waals surface area contributed by atoms with Crippen molar-refractivity contribution >= 4 is 39.9 Å². The lowest BCUT2D eigenvalue weighted by atomic mass is 10.0. The van der Waals surface area contributed by atoms with Gasteiger partial charge in [-0.2, -0.15) is 0 Å². The first-order valence-corrected chi connectivity index (χ1v) is 9.60. The van der Waals surface area contributed by atoms with Crippen molar-refractivity contribution in [1.29, 1.82) is 0 Å². The molecule has 0 radical (unpaired) electrons. The molecule has 1 amide bonds. The smallest absolute Gasteiger partial charge is 0.252 e. The van der Waals surface area contributed by atoms with E-state index < -0.39 is 5.91 Å². The zero-order valence-corrected chi connectivity index (χ0v) is 15.4. The number of nitrogens with two attached hydrogens (primary N) is 1. The lowest BCUT2D eigenvalue weighted by molar-refractivity contribution is 0.100. The van der Waals surface area contributed by atoms with E-state index in [0.29, 0.717) is 17.9 Å². The highest BCUT2D eigenvalue weighted by atomic mass is 32.2. The van der Waals surface area contributed by atoms with E-state index in [4.69, 9.17) is 10.5 Å². The van der Waals surface area contributed by atoms with Crippen LogP contribution >= 0.6 is 11.8 Å². The number of hydrogen-bond acceptors (Lipinski definition) is 5.